The predicted octanol–water partition coefficient (Wildman–Crippen LogP) is 2.29. The summed E-state index contributed by atoms with van der Waals surface area (Å²) < 4.78 is 34.8. The molecule has 6 nitrogen and oxygen atoms in total. The van der Waals surface area contributed by atoms with Crippen LogP contribution < -0.4 is 4.74 Å². The van der Waals surface area contributed by atoms with Gasteiger partial charge < -0.3 is 9.30 Å². The van der Waals surface area contributed by atoms with Crippen LogP contribution in [-0.2, 0) is 23.0 Å². The average Bonchev–Trinajstić information content (AvgIpc) is 2.85. The zero-order valence-electron chi connectivity index (χ0n) is 13.9. The maximum absolute atomic E-state index is 13.0. The Bertz CT molecular complexity index is 1030. The van der Waals surface area contributed by atoms with Gasteiger partial charge in [0.15, 0.2) is 0 Å². The van der Waals surface area contributed by atoms with E-state index in [1.165, 1.54) is 11.4 Å². The molecular weight excluding hydrogens is 338 g/mol. The molecule has 3 aromatic rings. The molecule has 7 heteroatoms. The number of para-hydroxylation sites is 2. The Labute approximate surface area is 146 Å². The third-order valence-electron chi connectivity index (χ3n) is 4.57. The Kier molecular flexibility index (Phi) is 3.97. The van der Waals surface area contributed by atoms with Gasteiger partial charge in [0.2, 0.25) is 10.0 Å². The molecule has 1 aliphatic rings. The summed E-state index contributed by atoms with van der Waals surface area (Å²) in [6.45, 7) is 1.44. The molecule has 0 N–H and O–H groups in total. The number of hydrogen-bond acceptors (Lipinski definition) is 4. The molecule has 2 aromatic carbocycles. The lowest BCUT2D eigenvalue weighted by molar-refractivity contribution is 0.408. The minimum Gasteiger partial charge on any atom is -0.497 e. The van der Waals surface area contributed by atoms with Crippen molar-refractivity contribution in [1.82, 2.24) is 13.9 Å². The van der Waals surface area contributed by atoms with Gasteiger partial charge in [0.1, 0.15) is 11.6 Å². The SMILES string of the molecule is COc1cccc(S(=O)(=O)N2CCc3nc4ccccc4n3CC2)c1. The molecule has 2 heterocycles. The fraction of sp³-hybridized carbons (Fsp3) is 0.278. The summed E-state index contributed by atoms with van der Waals surface area (Å²) in [6.07, 6.45) is 0.595. The van der Waals surface area contributed by atoms with Crippen LogP contribution in [0.4, 0.5) is 0 Å². The summed E-state index contributed by atoms with van der Waals surface area (Å²) in [7, 11) is -2.03. The number of fused-ring (bicyclic) bond motifs is 3. The van der Waals surface area contributed by atoms with Gasteiger partial charge in [-0.1, -0.05) is 18.2 Å². The molecule has 0 fully saturated rings. The Hall–Kier alpha value is -2.38. The minimum absolute atomic E-state index is 0.260. The highest BCUT2D eigenvalue weighted by molar-refractivity contribution is 7.89. The molecule has 0 aliphatic carbocycles. The fourth-order valence-corrected chi connectivity index (χ4v) is 4.73. The van der Waals surface area contributed by atoms with Gasteiger partial charge in [0, 0.05) is 32.1 Å². The van der Waals surface area contributed by atoms with Crippen LogP contribution in [0.5, 0.6) is 5.75 Å². The summed E-state index contributed by atoms with van der Waals surface area (Å²) >= 11 is 0. The number of hydrogen-bond donors (Lipinski definition) is 0. The first-order chi connectivity index (χ1) is 12.1. The van der Waals surface area contributed by atoms with E-state index in [1.54, 1.807) is 24.3 Å². The molecule has 0 bridgehead atoms. The second-order valence-electron chi connectivity index (χ2n) is 6.00. The van der Waals surface area contributed by atoms with Gasteiger partial charge in [-0.2, -0.15) is 4.31 Å². The number of methoxy groups -OCH3 is 1. The standard InChI is InChI=1S/C18H19N3O3S/c1-24-14-5-4-6-15(13-14)25(22,23)20-10-9-18-19-16-7-2-3-8-17(16)21(18)12-11-20/h2-8,13H,9-12H2,1H3. The second kappa shape index (κ2) is 6.16. The van der Waals surface area contributed by atoms with Crippen molar-refractivity contribution in [1.29, 1.82) is 0 Å². The summed E-state index contributed by atoms with van der Waals surface area (Å²) in [5, 5.41) is 0. The van der Waals surface area contributed by atoms with Crippen LogP contribution in [0.25, 0.3) is 11.0 Å². The van der Waals surface area contributed by atoms with Crippen LogP contribution in [0.15, 0.2) is 53.4 Å². The van der Waals surface area contributed by atoms with Crippen molar-refractivity contribution >= 4 is 21.1 Å². The second-order valence-corrected chi connectivity index (χ2v) is 7.94. The molecule has 0 saturated heterocycles. The smallest absolute Gasteiger partial charge is 0.243 e. The maximum atomic E-state index is 13.0. The van der Waals surface area contributed by atoms with Gasteiger partial charge in [-0.05, 0) is 24.3 Å². The van der Waals surface area contributed by atoms with Gasteiger partial charge in [-0.3, -0.25) is 0 Å². The zero-order valence-corrected chi connectivity index (χ0v) is 14.7. The van der Waals surface area contributed by atoms with Crippen molar-refractivity contribution in [2.75, 3.05) is 20.2 Å². The van der Waals surface area contributed by atoms with Gasteiger partial charge in [-0.25, -0.2) is 13.4 Å². The molecule has 130 valence electrons. The quantitative estimate of drug-likeness (QED) is 0.721. The normalized spacial score (nSPS) is 15.7. The van der Waals surface area contributed by atoms with Crippen molar-refractivity contribution in [3.8, 4) is 5.75 Å². The van der Waals surface area contributed by atoms with E-state index in [9.17, 15) is 8.42 Å². The van der Waals surface area contributed by atoms with E-state index in [2.05, 4.69) is 9.55 Å². The van der Waals surface area contributed by atoms with E-state index in [0.717, 1.165) is 16.9 Å². The first-order valence-electron chi connectivity index (χ1n) is 8.18. The van der Waals surface area contributed by atoms with Gasteiger partial charge in [0.25, 0.3) is 0 Å². The molecule has 4 rings (SSSR count). The molecule has 0 amide bonds. The number of nitrogens with zero attached hydrogens (tertiary/aromatic N) is 3. The maximum Gasteiger partial charge on any atom is 0.243 e. The average molecular weight is 357 g/mol. The molecule has 1 aliphatic heterocycles. The lowest BCUT2D eigenvalue weighted by atomic mass is 10.3. The summed E-state index contributed by atoms with van der Waals surface area (Å²) in [4.78, 5) is 4.91. The summed E-state index contributed by atoms with van der Waals surface area (Å²) in [5.41, 5.74) is 2.01. The molecule has 1 aromatic heterocycles. The van der Waals surface area contributed by atoms with Crippen LogP contribution in [0.1, 0.15) is 5.82 Å². The first-order valence-corrected chi connectivity index (χ1v) is 9.62. The van der Waals surface area contributed by atoms with E-state index in [0.29, 0.717) is 31.8 Å². The number of imidazole rings is 1. The molecule has 0 spiro atoms. The van der Waals surface area contributed by atoms with Crippen molar-refractivity contribution in [2.45, 2.75) is 17.9 Å². The van der Waals surface area contributed by atoms with Crippen molar-refractivity contribution in [2.24, 2.45) is 0 Å². The summed E-state index contributed by atoms with van der Waals surface area (Å²) in [6, 6.07) is 14.6. The number of aromatic nitrogens is 2. The van der Waals surface area contributed by atoms with Crippen LogP contribution >= 0.6 is 0 Å². The topological polar surface area (TPSA) is 64.4 Å². The molecule has 0 unspecified atom stereocenters. The van der Waals surface area contributed by atoms with Crippen molar-refractivity contribution in [3.63, 3.8) is 0 Å². The molecule has 25 heavy (non-hydrogen) atoms. The highest BCUT2D eigenvalue weighted by Crippen LogP contribution is 2.24. The number of benzene rings is 2. The fourth-order valence-electron chi connectivity index (χ4n) is 3.26. The van der Waals surface area contributed by atoms with E-state index >= 15 is 0 Å². The summed E-state index contributed by atoms with van der Waals surface area (Å²) in [5.74, 6) is 1.47. The third kappa shape index (κ3) is 2.79. The Balaban J connectivity index is 1.64. The first kappa shape index (κ1) is 16.1. The number of rotatable bonds is 3. The van der Waals surface area contributed by atoms with Crippen LogP contribution in [0, 0.1) is 0 Å². The molecule has 0 saturated carbocycles. The highest BCUT2D eigenvalue weighted by atomic mass is 32.2. The van der Waals surface area contributed by atoms with E-state index in [4.69, 9.17) is 4.74 Å². The van der Waals surface area contributed by atoms with Crippen molar-refractivity contribution in [3.05, 3.63) is 54.4 Å². The van der Waals surface area contributed by atoms with Crippen LogP contribution in [0.3, 0.4) is 0 Å². The number of ether oxygens (including phenoxy) is 1. The minimum atomic E-state index is -3.55. The monoisotopic (exact) mass is 357 g/mol. The van der Waals surface area contributed by atoms with Crippen LogP contribution in [-0.4, -0.2) is 42.5 Å². The third-order valence-corrected chi connectivity index (χ3v) is 6.47. The van der Waals surface area contributed by atoms with E-state index < -0.39 is 10.0 Å². The van der Waals surface area contributed by atoms with E-state index in [1.807, 2.05) is 24.3 Å². The predicted molar refractivity (Wildman–Crippen MR) is 95.2 cm³/mol. The highest BCUT2D eigenvalue weighted by Gasteiger charge is 2.28. The number of sulfonamides is 1. The Morgan fingerprint density at radius 3 is 2.72 bits per heavy atom. The van der Waals surface area contributed by atoms with Crippen molar-refractivity contribution < 1.29 is 13.2 Å². The molecular formula is C18H19N3O3S. The lowest BCUT2D eigenvalue weighted by Crippen LogP contribution is -2.33. The zero-order chi connectivity index (χ0) is 17.4. The Morgan fingerprint density at radius 1 is 1.04 bits per heavy atom. The van der Waals surface area contributed by atoms with Gasteiger partial charge >= 0.3 is 0 Å². The van der Waals surface area contributed by atoms with E-state index in [-0.39, 0.29) is 4.90 Å². The van der Waals surface area contributed by atoms with Gasteiger partial charge in [-0.15, -0.1) is 0 Å². The largest absolute Gasteiger partial charge is 0.497 e. The van der Waals surface area contributed by atoms with Crippen LogP contribution in [0.2, 0.25) is 0 Å². The van der Waals surface area contributed by atoms with Gasteiger partial charge in [0.05, 0.1) is 23.0 Å². The molecule has 0 radical (unpaired) electrons. The molecule has 0 atom stereocenters. The Morgan fingerprint density at radius 2 is 1.88 bits per heavy atom. The lowest BCUT2D eigenvalue weighted by Gasteiger charge is -2.20.